The number of benzene rings is 1. The maximum absolute atomic E-state index is 10.6. The molecule has 1 fully saturated rings. The third-order valence-corrected chi connectivity index (χ3v) is 5.08. The number of ether oxygens (including phenoxy) is 1. The number of hydrogen-bond acceptors (Lipinski definition) is 5. The number of para-hydroxylation sites is 1. The molecule has 0 aliphatic carbocycles. The molecule has 4 rings (SSSR count). The van der Waals surface area contributed by atoms with E-state index in [2.05, 4.69) is 27.0 Å². The molecule has 3 aromatic rings. The van der Waals surface area contributed by atoms with Gasteiger partial charge >= 0.3 is 0 Å². The topological polar surface area (TPSA) is 58.5 Å². The van der Waals surface area contributed by atoms with Gasteiger partial charge < -0.3 is 9.84 Å². The van der Waals surface area contributed by atoms with Crippen LogP contribution in [0.3, 0.4) is 0 Å². The van der Waals surface area contributed by atoms with Gasteiger partial charge in [-0.2, -0.15) is 0 Å². The van der Waals surface area contributed by atoms with Crippen molar-refractivity contribution in [1.29, 1.82) is 0 Å². The number of likely N-dealkylation sites (tertiary alicyclic amines) is 1. The van der Waals surface area contributed by atoms with E-state index in [0.717, 1.165) is 30.7 Å². The van der Waals surface area contributed by atoms with E-state index in [4.69, 9.17) is 4.74 Å². The van der Waals surface area contributed by atoms with Gasteiger partial charge in [0, 0.05) is 43.2 Å². The molecule has 0 saturated carbocycles. The molecule has 26 heavy (non-hydrogen) atoms. The lowest BCUT2D eigenvalue weighted by Crippen LogP contribution is -2.22. The molecular formula is C21H23N3O2. The van der Waals surface area contributed by atoms with Crippen molar-refractivity contribution in [2.24, 2.45) is 5.92 Å². The van der Waals surface area contributed by atoms with E-state index in [1.807, 2.05) is 42.6 Å². The SMILES string of the molecule is COc1cccc(CN2C[C@@H](Cc3ccnc4ccccc34)[C@@H](O)C2)n1. The van der Waals surface area contributed by atoms with Gasteiger partial charge in [0.2, 0.25) is 5.88 Å². The third kappa shape index (κ3) is 3.54. The highest BCUT2D eigenvalue weighted by Crippen LogP contribution is 2.26. The Balaban J connectivity index is 1.46. The van der Waals surface area contributed by atoms with Crippen molar-refractivity contribution in [3.8, 4) is 5.88 Å². The highest BCUT2D eigenvalue weighted by Gasteiger charge is 2.31. The van der Waals surface area contributed by atoms with Crippen molar-refractivity contribution in [2.75, 3.05) is 20.2 Å². The minimum absolute atomic E-state index is 0.214. The van der Waals surface area contributed by atoms with E-state index < -0.39 is 0 Å². The van der Waals surface area contributed by atoms with Crippen molar-refractivity contribution >= 4 is 10.9 Å². The molecule has 0 spiro atoms. The number of pyridine rings is 2. The predicted molar refractivity (Wildman–Crippen MR) is 101 cm³/mol. The monoisotopic (exact) mass is 349 g/mol. The van der Waals surface area contributed by atoms with Crippen molar-refractivity contribution in [1.82, 2.24) is 14.9 Å². The molecule has 3 heterocycles. The fourth-order valence-electron chi connectivity index (χ4n) is 3.78. The van der Waals surface area contributed by atoms with Crippen LogP contribution >= 0.6 is 0 Å². The zero-order chi connectivity index (χ0) is 17.9. The number of nitrogens with zero attached hydrogens (tertiary/aromatic N) is 3. The average Bonchev–Trinajstić information content (AvgIpc) is 3.01. The fraction of sp³-hybridized carbons (Fsp3) is 0.333. The Labute approximate surface area is 153 Å². The Hall–Kier alpha value is -2.50. The quantitative estimate of drug-likeness (QED) is 0.767. The molecule has 1 saturated heterocycles. The number of fused-ring (bicyclic) bond motifs is 1. The number of β-amino-alcohol motifs (C(OH)–C–C–N with tert-alkyl or cyclic N) is 1. The lowest BCUT2D eigenvalue weighted by Gasteiger charge is -2.16. The summed E-state index contributed by atoms with van der Waals surface area (Å²) < 4.78 is 5.20. The van der Waals surface area contributed by atoms with Crippen LogP contribution in [0.15, 0.2) is 54.7 Å². The summed E-state index contributed by atoms with van der Waals surface area (Å²) in [6.45, 7) is 2.26. The highest BCUT2D eigenvalue weighted by atomic mass is 16.5. The first-order valence-electron chi connectivity index (χ1n) is 8.96. The van der Waals surface area contributed by atoms with Gasteiger partial charge in [0.1, 0.15) is 0 Å². The van der Waals surface area contributed by atoms with Crippen molar-refractivity contribution in [3.05, 3.63) is 66.0 Å². The molecule has 0 amide bonds. The Bertz CT molecular complexity index is 894. The first kappa shape index (κ1) is 16.9. The normalized spacial score (nSPS) is 20.5. The highest BCUT2D eigenvalue weighted by molar-refractivity contribution is 5.81. The van der Waals surface area contributed by atoms with Crippen LogP contribution in [0.4, 0.5) is 0 Å². The van der Waals surface area contributed by atoms with Gasteiger partial charge in [-0.05, 0) is 30.2 Å². The molecule has 1 aliphatic heterocycles. The van der Waals surface area contributed by atoms with Gasteiger partial charge in [-0.25, -0.2) is 4.98 Å². The zero-order valence-corrected chi connectivity index (χ0v) is 14.9. The van der Waals surface area contributed by atoms with Crippen LogP contribution in [0, 0.1) is 5.92 Å². The first-order valence-corrected chi connectivity index (χ1v) is 8.96. The summed E-state index contributed by atoms with van der Waals surface area (Å²) in [5.41, 5.74) is 3.22. The van der Waals surface area contributed by atoms with Gasteiger partial charge in [0.25, 0.3) is 0 Å². The molecule has 1 N–H and O–H groups in total. The summed E-state index contributed by atoms with van der Waals surface area (Å²) in [5, 5.41) is 11.7. The number of rotatable bonds is 5. The van der Waals surface area contributed by atoms with Crippen LogP contribution in [-0.4, -0.2) is 46.3 Å². The van der Waals surface area contributed by atoms with Crippen LogP contribution in [-0.2, 0) is 13.0 Å². The van der Waals surface area contributed by atoms with Crippen LogP contribution < -0.4 is 4.74 Å². The standard InChI is InChI=1S/C21H23N3O2/c1-26-21-8-4-5-17(23-21)13-24-12-16(20(25)14-24)11-15-9-10-22-19-7-3-2-6-18(15)19/h2-10,16,20,25H,11-14H2,1H3/t16-,20+/m1/s1. The number of aliphatic hydroxyl groups is 1. The van der Waals surface area contributed by atoms with Crippen LogP contribution in [0.5, 0.6) is 5.88 Å². The Morgan fingerprint density at radius 3 is 2.88 bits per heavy atom. The second-order valence-electron chi connectivity index (χ2n) is 6.88. The lowest BCUT2D eigenvalue weighted by atomic mass is 9.94. The van der Waals surface area contributed by atoms with E-state index in [9.17, 15) is 5.11 Å². The van der Waals surface area contributed by atoms with E-state index in [1.54, 1.807) is 7.11 Å². The molecule has 1 aliphatic rings. The number of aromatic nitrogens is 2. The van der Waals surface area contributed by atoms with Crippen molar-refractivity contribution in [3.63, 3.8) is 0 Å². The van der Waals surface area contributed by atoms with Gasteiger partial charge in [-0.3, -0.25) is 9.88 Å². The summed E-state index contributed by atoms with van der Waals surface area (Å²) in [5.74, 6) is 0.841. The summed E-state index contributed by atoms with van der Waals surface area (Å²) >= 11 is 0. The Morgan fingerprint density at radius 2 is 2.00 bits per heavy atom. The minimum Gasteiger partial charge on any atom is -0.481 e. The molecule has 134 valence electrons. The largest absolute Gasteiger partial charge is 0.481 e. The maximum atomic E-state index is 10.6. The molecular weight excluding hydrogens is 326 g/mol. The maximum Gasteiger partial charge on any atom is 0.213 e. The van der Waals surface area contributed by atoms with Gasteiger partial charge in [0.15, 0.2) is 0 Å². The van der Waals surface area contributed by atoms with Gasteiger partial charge in [-0.1, -0.05) is 24.3 Å². The van der Waals surface area contributed by atoms with Crippen molar-refractivity contribution in [2.45, 2.75) is 19.1 Å². The summed E-state index contributed by atoms with van der Waals surface area (Å²) in [7, 11) is 1.63. The molecule has 0 bridgehead atoms. The minimum atomic E-state index is -0.326. The number of aliphatic hydroxyl groups excluding tert-OH is 1. The third-order valence-electron chi connectivity index (χ3n) is 5.08. The fourth-order valence-corrected chi connectivity index (χ4v) is 3.78. The second-order valence-corrected chi connectivity index (χ2v) is 6.88. The molecule has 1 aromatic carbocycles. The zero-order valence-electron chi connectivity index (χ0n) is 14.9. The van der Waals surface area contributed by atoms with E-state index in [-0.39, 0.29) is 12.0 Å². The number of hydrogen-bond donors (Lipinski definition) is 1. The smallest absolute Gasteiger partial charge is 0.213 e. The van der Waals surface area contributed by atoms with E-state index in [1.165, 1.54) is 10.9 Å². The lowest BCUT2D eigenvalue weighted by molar-refractivity contribution is 0.141. The first-order chi connectivity index (χ1) is 12.7. The van der Waals surface area contributed by atoms with Crippen LogP contribution in [0.1, 0.15) is 11.3 Å². The average molecular weight is 349 g/mol. The van der Waals surface area contributed by atoms with E-state index >= 15 is 0 Å². The number of methoxy groups -OCH3 is 1. The molecule has 0 unspecified atom stereocenters. The van der Waals surface area contributed by atoms with Gasteiger partial charge in [-0.15, -0.1) is 0 Å². The summed E-state index contributed by atoms with van der Waals surface area (Å²) in [6.07, 6.45) is 2.39. The van der Waals surface area contributed by atoms with Gasteiger partial charge in [0.05, 0.1) is 24.4 Å². The van der Waals surface area contributed by atoms with E-state index in [0.29, 0.717) is 12.4 Å². The van der Waals surface area contributed by atoms with Crippen molar-refractivity contribution < 1.29 is 9.84 Å². The molecule has 5 nitrogen and oxygen atoms in total. The molecule has 5 heteroatoms. The predicted octanol–water partition coefficient (Wildman–Crippen LogP) is 2.67. The van der Waals surface area contributed by atoms with Crippen LogP contribution in [0.25, 0.3) is 10.9 Å². The molecule has 0 radical (unpaired) electrons. The summed E-state index contributed by atoms with van der Waals surface area (Å²) in [6, 6.07) is 16.1. The Morgan fingerprint density at radius 1 is 1.12 bits per heavy atom. The summed E-state index contributed by atoms with van der Waals surface area (Å²) in [4.78, 5) is 11.2. The second kappa shape index (κ2) is 7.40. The Kier molecular flexibility index (Phi) is 4.82. The van der Waals surface area contributed by atoms with Crippen LogP contribution in [0.2, 0.25) is 0 Å². The molecule has 2 aromatic heterocycles. The molecule has 2 atom stereocenters.